The van der Waals surface area contributed by atoms with Gasteiger partial charge in [-0.1, -0.05) is 24.3 Å². The Labute approximate surface area is 113 Å². The van der Waals surface area contributed by atoms with Crippen LogP contribution in [0.5, 0.6) is 5.75 Å². The van der Waals surface area contributed by atoms with Crippen molar-refractivity contribution in [3.63, 3.8) is 0 Å². The van der Waals surface area contributed by atoms with Gasteiger partial charge in [-0.15, -0.1) is 0 Å². The third kappa shape index (κ3) is 2.61. The van der Waals surface area contributed by atoms with Crippen molar-refractivity contribution in [2.45, 2.75) is 24.8 Å². The fourth-order valence-corrected chi connectivity index (χ4v) is 2.69. The molecule has 19 heavy (non-hydrogen) atoms. The van der Waals surface area contributed by atoms with E-state index >= 15 is 0 Å². The molecule has 3 nitrogen and oxygen atoms in total. The van der Waals surface area contributed by atoms with E-state index in [0.717, 1.165) is 24.3 Å². The summed E-state index contributed by atoms with van der Waals surface area (Å²) >= 11 is 0. The molecule has 1 aromatic carbocycles. The molecule has 1 aliphatic carbocycles. The minimum absolute atomic E-state index is 0.00337. The highest BCUT2D eigenvalue weighted by Crippen LogP contribution is 2.33. The molecule has 2 unspecified atom stereocenters. The number of aromatic nitrogens is 1. The summed E-state index contributed by atoms with van der Waals surface area (Å²) in [6.45, 7) is 0.532. The summed E-state index contributed by atoms with van der Waals surface area (Å²) in [4.78, 5) is 4.48. The van der Waals surface area contributed by atoms with Gasteiger partial charge < -0.3 is 10.5 Å². The van der Waals surface area contributed by atoms with Gasteiger partial charge in [0.15, 0.2) is 0 Å². The minimum atomic E-state index is -0.00337. The average molecular weight is 254 g/mol. The van der Waals surface area contributed by atoms with Crippen LogP contribution in [0.25, 0.3) is 0 Å². The lowest BCUT2D eigenvalue weighted by Gasteiger charge is -2.19. The third-order valence-electron chi connectivity index (χ3n) is 3.70. The van der Waals surface area contributed by atoms with Gasteiger partial charge in [0.05, 0.1) is 0 Å². The van der Waals surface area contributed by atoms with E-state index in [-0.39, 0.29) is 6.04 Å². The Morgan fingerprint density at radius 2 is 2.05 bits per heavy atom. The van der Waals surface area contributed by atoms with Gasteiger partial charge in [0, 0.05) is 23.9 Å². The number of pyridine rings is 1. The van der Waals surface area contributed by atoms with E-state index in [0.29, 0.717) is 12.5 Å². The normalized spacial score (nSPS) is 18.9. The molecule has 1 aliphatic rings. The molecule has 0 spiro atoms. The maximum Gasteiger partial charge on any atom is 0.119 e. The Hall–Kier alpha value is -1.87. The standard InChI is InChI=1S/C16H18N2O/c17-15(11-19-13-6-2-1-3-7-13)14-9-8-12-5-4-10-18-16(12)14/h1-7,10,14-15H,8-9,11,17H2. The number of aryl methyl sites for hydroxylation is 1. The van der Waals surface area contributed by atoms with Crippen LogP contribution in [-0.4, -0.2) is 17.6 Å². The molecule has 0 saturated carbocycles. The molecule has 3 rings (SSSR count). The molecule has 98 valence electrons. The Morgan fingerprint density at radius 3 is 2.89 bits per heavy atom. The first-order valence-electron chi connectivity index (χ1n) is 6.72. The van der Waals surface area contributed by atoms with Crippen molar-refractivity contribution in [1.29, 1.82) is 0 Å². The second-order valence-corrected chi connectivity index (χ2v) is 4.98. The second-order valence-electron chi connectivity index (χ2n) is 4.98. The fraction of sp³-hybridized carbons (Fsp3) is 0.312. The van der Waals surface area contributed by atoms with E-state index in [1.807, 2.05) is 42.6 Å². The van der Waals surface area contributed by atoms with Crippen molar-refractivity contribution in [3.8, 4) is 5.75 Å². The van der Waals surface area contributed by atoms with Gasteiger partial charge in [-0.3, -0.25) is 4.98 Å². The zero-order valence-corrected chi connectivity index (χ0v) is 10.8. The van der Waals surface area contributed by atoms with E-state index < -0.39 is 0 Å². The molecule has 0 aliphatic heterocycles. The number of nitrogens with zero attached hydrogens (tertiary/aromatic N) is 1. The lowest BCUT2D eigenvalue weighted by atomic mass is 9.98. The lowest BCUT2D eigenvalue weighted by molar-refractivity contribution is 0.268. The fourth-order valence-electron chi connectivity index (χ4n) is 2.69. The van der Waals surface area contributed by atoms with Crippen LogP contribution in [0, 0.1) is 0 Å². The summed E-state index contributed by atoms with van der Waals surface area (Å²) in [5.74, 6) is 1.19. The smallest absolute Gasteiger partial charge is 0.119 e. The highest BCUT2D eigenvalue weighted by molar-refractivity contribution is 5.30. The van der Waals surface area contributed by atoms with Crippen LogP contribution in [-0.2, 0) is 6.42 Å². The molecule has 2 aromatic rings. The topological polar surface area (TPSA) is 48.1 Å². The molecule has 2 N–H and O–H groups in total. The molecule has 1 aromatic heterocycles. The van der Waals surface area contributed by atoms with Gasteiger partial charge in [0.1, 0.15) is 12.4 Å². The lowest BCUT2D eigenvalue weighted by Crippen LogP contribution is -2.34. The zero-order chi connectivity index (χ0) is 13.1. The molecular weight excluding hydrogens is 236 g/mol. The molecule has 3 heteroatoms. The molecule has 0 fully saturated rings. The number of ether oxygens (including phenoxy) is 1. The SMILES string of the molecule is NC(COc1ccccc1)C1CCc2cccnc21. The summed E-state index contributed by atoms with van der Waals surface area (Å²) in [5, 5.41) is 0. The number of hydrogen-bond acceptors (Lipinski definition) is 3. The first kappa shape index (κ1) is 12.2. The van der Waals surface area contributed by atoms with Crippen molar-refractivity contribution >= 4 is 0 Å². The predicted octanol–water partition coefficient (Wildman–Crippen LogP) is 2.52. The van der Waals surface area contributed by atoms with Gasteiger partial charge in [0.2, 0.25) is 0 Å². The summed E-state index contributed by atoms with van der Waals surface area (Å²) in [6, 6.07) is 13.9. The quantitative estimate of drug-likeness (QED) is 0.912. The number of nitrogens with two attached hydrogens (primary N) is 1. The van der Waals surface area contributed by atoms with Gasteiger partial charge in [-0.2, -0.15) is 0 Å². The predicted molar refractivity (Wildman–Crippen MR) is 75.2 cm³/mol. The van der Waals surface area contributed by atoms with Crippen molar-refractivity contribution in [3.05, 3.63) is 59.9 Å². The first-order valence-corrected chi connectivity index (χ1v) is 6.72. The van der Waals surface area contributed by atoms with Crippen LogP contribution in [0.3, 0.4) is 0 Å². The van der Waals surface area contributed by atoms with Gasteiger partial charge >= 0.3 is 0 Å². The Bertz CT molecular complexity index is 541. The van der Waals surface area contributed by atoms with E-state index in [4.69, 9.17) is 10.5 Å². The number of hydrogen-bond donors (Lipinski definition) is 1. The van der Waals surface area contributed by atoms with Crippen LogP contribution in [0.2, 0.25) is 0 Å². The zero-order valence-electron chi connectivity index (χ0n) is 10.8. The van der Waals surface area contributed by atoms with Crippen LogP contribution in [0.15, 0.2) is 48.7 Å². The van der Waals surface area contributed by atoms with Crippen molar-refractivity contribution in [1.82, 2.24) is 4.98 Å². The van der Waals surface area contributed by atoms with Crippen molar-refractivity contribution < 1.29 is 4.74 Å². The minimum Gasteiger partial charge on any atom is -0.492 e. The third-order valence-corrected chi connectivity index (χ3v) is 3.70. The molecule has 2 atom stereocenters. The van der Waals surface area contributed by atoms with E-state index in [1.54, 1.807) is 0 Å². The monoisotopic (exact) mass is 254 g/mol. The van der Waals surface area contributed by atoms with E-state index in [1.165, 1.54) is 5.56 Å². The molecule has 1 heterocycles. The molecule has 0 saturated heterocycles. The summed E-state index contributed by atoms with van der Waals surface area (Å²) in [7, 11) is 0. The maximum absolute atomic E-state index is 6.28. The summed E-state index contributed by atoms with van der Waals surface area (Å²) in [6.07, 6.45) is 4.00. The Kier molecular flexibility index (Phi) is 3.47. The summed E-state index contributed by atoms with van der Waals surface area (Å²) < 4.78 is 5.74. The van der Waals surface area contributed by atoms with E-state index in [2.05, 4.69) is 11.1 Å². The van der Waals surface area contributed by atoms with Crippen LogP contribution in [0.4, 0.5) is 0 Å². The molecule has 0 radical (unpaired) electrons. The highest BCUT2D eigenvalue weighted by Gasteiger charge is 2.29. The van der Waals surface area contributed by atoms with Gasteiger partial charge in [0.25, 0.3) is 0 Å². The van der Waals surface area contributed by atoms with Crippen molar-refractivity contribution in [2.24, 2.45) is 5.73 Å². The number of fused-ring (bicyclic) bond motifs is 1. The molecular formula is C16H18N2O. The van der Waals surface area contributed by atoms with Crippen LogP contribution >= 0.6 is 0 Å². The van der Waals surface area contributed by atoms with Crippen molar-refractivity contribution in [2.75, 3.05) is 6.61 Å². The maximum atomic E-state index is 6.28. The van der Waals surface area contributed by atoms with Gasteiger partial charge in [-0.05, 0) is 36.6 Å². The average Bonchev–Trinajstić information content (AvgIpc) is 2.90. The number of benzene rings is 1. The Morgan fingerprint density at radius 1 is 1.21 bits per heavy atom. The second kappa shape index (κ2) is 5.41. The first-order chi connectivity index (χ1) is 9.34. The number of para-hydroxylation sites is 1. The van der Waals surface area contributed by atoms with Crippen LogP contribution in [0.1, 0.15) is 23.6 Å². The number of rotatable bonds is 4. The molecule has 0 amide bonds. The van der Waals surface area contributed by atoms with E-state index in [9.17, 15) is 0 Å². The molecule has 0 bridgehead atoms. The largest absolute Gasteiger partial charge is 0.492 e. The van der Waals surface area contributed by atoms with Crippen LogP contribution < -0.4 is 10.5 Å². The Balaban J connectivity index is 1.64. The van der Waals surface area contributed by atoms with Gasteiger partial charge in [-0.25, -0.2) is 0 Å². The highest BCUT2D eigenvalue weighted by atomic mass is 16.5. The summed E-state index contributed by atoms with van der Waals surface area (Å²) in [5.41, 5.74) is 8.77.